The van der Waals surface area contributed by atoms with E-state index in [9.17, 15) is 29.3 Å². The molecular formula is C22H24N2O9S. The number of hydrogen-bond donors (Lipinski definition) is 1. The normalized spacial score (nSPS) is 10.5. The van der Waals surface area contributed by atoms with Gasteiger partial charge in [-0.3, -0.25) is 14.9 Å². The predicted molar refractivity (Wildman–Crippen MR) is 122 cm³/mol. The van der Waals surface area contributed by atoms with Crippen LogP contribution < -0.4 is 5.32 Å². The maximum atomic E-state index is 12.4. The number of esters is 3. The molecule has 0 bridgehead atoms. The van der Waals surface area contributed by atoms with Crippen molar-refractivity contribution in [3.63, 3.8) is 0 Å². The Morgan fingerprint density at radius 2 is 1.71 bits per heavy atom. The van der Waals surface area contributed by atoms with Crippen LogP contribution in [0.5, 0.6) is 0 Å². The number of nitro benzene ring substituents is 1. The highest BCUT2D eigenvalue weighted by atomic mass is 32.1. The number of ether oxygens (including phenoxy) is 3. The van der Waals surface area contributed by atoms with E-state index in [-0.39, 0.29) is 34.2 Å². The summed E-state index contributed by atoms with van der Waals surface area (Å²) in [4.78, 5) is 59.3. The van der Waals surface area contributed by atoms with Crippen LogP contribution in [0.15, 0.2) is 23.6 Å². The number of nitrogens with zero attached hydrogens (tertiary/aromatic N) is 1. The van der Waals surface area contributed by atoms with Gasteiger partial charge < -0.3 is 19.5 Å². The number of rotatable bonds is 10. The third kappa shape index (κ3) is 6.85. The number of non-ortho nitro benzene ring substituents is 1. The second-order valence-corrected chi connectivity index (χ2v) is 8.30. The van der Waals surface area contributed by atoms with Gasteiger partial charge in [0.1, 0.15) is 5.00 Å². The van der Waals surface area contributed by atoms with Crippen molar-refractivity contribution in [3.8, 4) is 0 Å². The molecule has 1 aromatic carbocycles. The molecule has 1 amide bonds. The van der Waals surface area contributed by atoms with Crippen molar-refractivity contribution in [2.45, 2.75) is 27.2 Å². The first kappa shape index (κ1) is 26.5. The van der Waals surface area contributed by atoms with E-state index < -0.39 is 41.0 Å². The van der Waals surface area contributed by atoms with E-state index in [2.05, 4.69) is 10.1 Å². The average molecular weight is 493 g/mol. The van der Waals surface area contributed by atoms with Gasteiger partial charge in [0.25, 0.3) is 11.6 Å². The first-order valence-electron chi connectivity index (χ1n) is 10.2. The molecule has 34 heavy (non-hydrogen) atoms. The molecule has 0 radical (unpaired) electrons. The van der Waals surface area contributed by atoms with Crippen LogP contribution >= 0.6 is 11.3 Å². The van der Waals surface area contributed by atoms with Gasteiger partial charge in [0.05, 0.1) is 35.3 Å². The van der Waals surface area contributed by atoms with E-state index in [4.69, 9.17) is 9.47 Å². The third-order valence-electron chi connectivity index (χ3n) is 4.35. The third-order valence-corrected chi connectivity index (χ3v) is 5.29. The van der Waals surface area contributed by atoms with Crippen LogP contribution in [0.4, 0.5) is 10.7 Å². The van der Waals surface area contributed by atoms with Gasteiger partial charge in [-0.15, -0.1) is 11.3 Å². The summed E-state index contributed by atoms with van der Waals surface area (Å²) < 4.78 is 14.6. The van der Waals surface area contributed by atoms with Crippen LogP contribution in [0.25, 0.3) is 0 Å². The molecule has 0 unspecified atom stereocenters. The largest absolute Gasteiger partial charge is 0.465 e. The maximum Gasteiger partial charge on any atom is 0.341 e. The Kier molecular flexibility index (Phi) is 9.25. The van der Waals surface area contributed by atoms with Crippen LogP contribution in [0.1, 0.15) is 57.4 Å². The molecule has 182 valence electrons. The number of benzene rings is 1. The van der Waals surface area contributed by atoms with Gasteiger partial charge >= 0.3 is 17.9 Å². The molecule has 0 aliphatic heterocycles. The first-order chi connectivity index (χ1) is 16.1. The van der Waals surface area contributed by atoms with Crippen molar-refractivity contribution in [1.29, 1.82) is 0 Å². The van der Waals surface area contributed by atoms with Gasteiger partial charge in [0.2, 0.25) is 0 Å². The number of thiophene rings is 1. The Balaban J connectivity index is 2.15. The van der Waals surface area contributed by atoms with Crippen LogP contribution in [0.2, 0.25) is 0 Å². The van der Waals surface area contributed by atoms with Gasteiger partial charge in [0, 0.05) is 12.1 Å². The van der Waals surface area contributed by atoms with E-state index in [1.165, 1.54) is 0 Å². The number of amides is 1. The number of carbonyl (C=O) groups is 4. The van der Waals surface area contributed by atoms with Gasteiger partial charge in [0.15, 0.2) is 6.61 Å². The summed E-state index contributed by atoms with van der Waals surface area (Å²) >= 11 is 1.14. The number of methoxy groups -OCH3 is 1. The van der Waals surface area contributed by atoms with Crippen LogP contribution in [0, 0.1) is 16.0 Å². The monoisotopic (exact) mass is 492 g/mol. The fourth-order valence-electron chi connectivity index (χ4n) is 2.95. The second-order valence-electron chi connectivity index (χ2n) is 7.43. The summed E-state index contributed by atoms with van der Waals surface area (Å²) in [7, 11) is 1.09. The minimum atomic E-state index is -1.05. The van der Waals surface area contributed by atoms with Gasteiger partial charge in [-0.1, -0.05) is 13.8 Å². The number of nitro groups is 1. The Morgan fingerprint density at radius 3 is 2.26 bits per heavy atom. The predicted octanol–water partition coefficient (Wildman–Crippen LogP) is 3.61. The van der Waals surface area contributed by atoms with Gasteiger partial charge in [-0.05, 0) is 36.3 Å². The smallest absolute Gasteiger partial charge is 0.341 e. The highest BCUT2D eigenvalue weighted by Gasteiger charge is 2.23. The Hall–Kier alpha value is -3.80. The fourth-order valence-corrected chi connectivity index (χ4v) is 3.93. The minimum absolute atomic E-state index is 0.164. The van der Waals surface area contributed by atoms with Crippen molar-refractivity contribution in [2.24, 2.45) is 5.92 Å². The molecule has 1 aromatic heterocycles. The van der Waals surface area contributed by atoms with Gasteiger partial charge in [-0.25, -0.2) is 14.4 Å². The van der Waals surface area contributed by atoms with Crippen molar-refractivity contribution < 1.29 is 38.3 Å². The number of hydrogen-bond acceptors (Lipinski definition) is 10. The number of nitrogens with one attached hydrogen (secondary N) is 1. The summed E-state index contributed by atoms with van der Waals surface area (Å²) in [5.74, 6) is -2.97. The van der Waals surface area contributed by atoms with E-state index in [0.29, 0.717) is 6.42 Å². The molecule has 0 spiro atoms. The molecule has 0 saturated heterocycles. The zero-order valence-corrected chi connectivity index (χ0v) is 19.9. The van der Waals surface area contributed by atoms with Gasteiger partial charge in [-0.2, -0.15) is 0 Å². The van der Waals surface area contributed by atoms with Crippen LogP contribution in [0.3, 0.4) is 0 Å². The molecule has 0 atom stereocenters. The number of carbonyl (C=O) groups excluding carboxylic acids is 4. The first-order valence-corrected chi connectivity index (χ1v) is 11.1. The zero-order chi connectivity index (χ0) is 25.4. The SMILES string of the molecule is CCOC(=O)c1c(CC(C)C)csc1NC(=O)COC(=O)c1cc(C(=O)OC)cc([N+](=O)[O-])c1. The lowest BCUT2D eigenvalue weighted by Crippen LogP contribution is -2.22. The molecular weight excluding hydrogens is 468 g/mol. The van der Waals surface area contributed by atoms with E-state index in [0.717, 1.165) is 42.2 Å². The van der Waals surface area contributed by atoms with Crippen LogP contribution in [-0.2, 0) is 25.4 Å². The molecule has 0 aliphatic carbocycles. The van der Waals surface area contributed by atoms with Crippen molar-refractivity contribution in [3.05, 3.63) is 55.9 Å². The highest BCUT2D eigenvalue weighted by molar-refractivity contribution is 7.15. The summed E-state index contributed by atoms with van der Waals surface area (Å²) in [6.45, 7) is 5.09. The van der Waals surface area contributed by atoms with E-state index >= 15 is 0 Å². The summed E-state index contributed by atoms with van der Waals surface area (Å²) in [5, 5.41) is 15.7. The topological polar surface area (TPSA) is 151 Å². The Morgan fingerprint density at radius 1 is 1.06 bits per heavy atom. The summed E-state index contributed by atoms with van der Waals surface area (Å²) in [6.07, 6.45) is 0.602. The van der Waals surface area contributed by atoms with Crippen molar-refractivity contribution in [1.82, 2.24) is 0 Å². The molecule has 11 nitrogen and oxygen atoms in total. The summed E-state index contributed by atoms with van der Waals surface area (Å²) in [6, 6.07) is 2.94. The molecule has 12 heteroatoms. The fraction of sp³-hybridized carbons (Fsp3) is 0.364. The average Bonchev–Trinajstić information content (AvgIpc) is 3.17. The van der Waals surface area contributed by atoms with Crippen molar-refractivity contribution >= 4 is 45.8 Å². The molecule has 1 N–H and O–H groups in total. The molecule has 0 saturated carbocycles. The van der Waals surface area contributed by atoms with Crippen molar-refractivity contribution in [2.75, 3.05) is 25.6 Å². The lowest BCUT2D eigenvalue weighted by atomic mass is 10.0. The number of anilines is 1. The lowest BCUT2D eigenvalue weighted by molar-refractivity contribution is -0.384. The highest BCUT2D eigenvalue weighted by Crippen LogP contribution is 2.31. The van der Waals surface area contributed by atoms with E-state index in [1.54, 1.807) is 12.3 Å². The minimum Gasteiger partial charge on any atom is -0.465 e. The van der Waals surface area contributed by atoms with E-state index in [1.807, 2.05) is 13.8 Å². The summed E-state index contributed by atoms with van der Waals surface area (Å²) in [5.41, 5.74) is -0.0534. The molecule has 0 aliphatic rings. The molecule has 1 heterocycles. The molecule has 0 fully saturated rings. The Bertz CT molecular complexity index is 1110. The zero-order valence-electron chi connectivity index (χ0n) is 19.0. The quantitative estimate of drug-likeness (QED) is 0.227. The van der Waals surface area contributed by atoms with Crippen LogP contribution in [-0.4, -0.2) is 49.1 Å². The standard InChI is InChI=1S/C22H24N2O9S/c1-5-32-22(28)18-15(6-12(2)3)11-34-19(18)23-17(25)10-33-21(27)14-7-13(20(26)31-4)8-16(9-14)24(29)30/h7-9,11-12H,5-6,10H2,1-4H3,(H,23,25). The lowest BCUT2D eigenvalue weighted by Gasteiger charge is -2.10. The Labute approximate surface area is 199 Å². The second kappa shape index (κ2) is 11.9. The molecule has 2 rings (SSSR count). The maximum absolute atomic E-state index is 12.4. The molecule has 2 aromatic rings.